The molecular formula is C21H19N5O2S. The van der Waals surface area contributed by atoms with Crippen molar-refractivity contribution in [3.05, 3.63) is 90.0 Å². The van der Waals surface area contributed by atoms with Gasteiger partial charge >= 0.3 is 0 Å². The number of rotatable bonds is 6. The average molecular weight is 405 g/mol. The fraction of sp³-hybridized carbons (Fsp3) is 0.0952. The number of benzene rings is 3. The minimum Gasteiger partial charge on any atom is -0.279 e. The Hall–Kier alpha value is -3.52. The Labute approximate surface area is 169 Å². The topological polar surface area (TPSA) is 89.8 Å². The third-order valence-corrected chi connectivity index (χ3v) is 5.88. The lowest BCUT2D eigenvalue weighted by Gasteiger charge is -2.15. The SMILES string of the molecule is Cc1cccc(NS(=O)(=O)c2ccccc2)c1-c1nnnn1Cc1ccccc1. The van der Waals surface area contributed by atoms with Crippen LogP contribution >= 0.6 is 0 Å². The standard InChI is InChI=1S/C21H19N5O2S/c1-16-9-8-14-19(23-29(27,28)18-12-6-3-7-13-18)20(16)21-22-24-25-26(21)15-17-10-4-2-5-11-17/h2-14,23H,15H2,1H3. The molecule has 3 aromatic carbocycles. The monoisotopic (exact) mass is 405 g/mol. The molecule has 0 saturated heterocycles. The zero-order chi connectivity index (χ0) is 20.3. The van der Waals surface area contributed by atoms with Crippen LogP contribution in [0.15, 0.2) is 83.8 Å². The van der Waals surface area contributed by atoms with Gasteiger partial charge in [0.1, 0.15) is 0 Å². The average Bonchev–Trinajstić information content (AvgIpc) is 3.17. The summed E-state index contributed by atoms with van der Waals surface area (Å²) >= 11 is 0. The molecular weight excluding hydrogens is 386 g/mol. The molecule has 0 radical (unpaired) electrons. The maximum absolute atomic E-state index is 12.8. The van der Waals surface area contributed by atoms with E-state index in [4.69, 9.17) is 0 Å². The first-order valence-corrected chi connectivity index (χ1v) is 10.5. The molecule has 0 bridgehead atoms. The first kappa shape index (κ1) is 18.8. The van der Waals surface area contributed by atoms with E-state index in [2.05, 4.69) is 20.2 Å². The molecule has 0 aliphatic rings. The van der Waals surface area contributed by atoms with Gasteiger partial charge in [-0.15, -0.1) is 5.10 Å². The van der Waals surface area contributed by atoms with Crippen molar-refractivity contribution in [1.29, 1.82) is 0 Å². The second-order valence-corrected chi connectivity index (χ2v) is 8.24. The highest BCUT2D eigenvalue weighted by atomic mass is 32.2. The lowest BCUT2D eigenvalue weighted by Crippen LogP contribution is -2.14. The minimum atomic E-state index is -3.74. The van der Waals surface area contributed by atoms with Gasteiger partial charge in [0.15, 0.2) is 5.82 Å². The van der Waals surface area contributed by atoms with Crippen molar-refractivity contribution in [2.75, 3.05) is 4.72 Å². The molecule has 0 unspecified atom stereocenters. The molecule has 29 heavy (non-hydrogen) atoms. The van der Waals surface area contributed by atoms with E-state index in [0.717, 1.165) is 11.1 Å². The molecule has 1 aromatic heterocycles. The van der Waals surface area contributed by atoms with E-state index in [9.17, 15) is 8.42 Å². The van der Waals surface area contributed by atoms with Gasteiger partial charge in [-0.05, 0) is 46.7 Å². The highest BCUT2D eigenvalue weighted by Crippen LogP contribution is 2.31. The summed E-state index contributed by atoms with van der Waals surface area (Å²) in [6.45, 7) is 2.37. The van der Waals surface area contributed by atoms with Crippen LogP contribution in [0.4, 0.5) is 5.69 Å². The molecule has 0 fully saturated rings. The summed E-state index contributed by atoms with van der Waals surface area (Å²) in [5.41, 5.74) is 2.98. The number of tetrazole rings is 1. The van der Waals surface area contributed by atoms with E-state index < -0.39 is 10.0 Å². The smallest absolute Gasteiger partial charge is 0.261 e. The van der Waals surface area contributed by atoms with Gasteiger partial charge in [-0.25, -0.2) is 13.1 Å². The Morgan fingerprint density at radius 1 is 0.897 bits per heavy atom. The number of nitrogens with one attached hydrogen (secondary N) is 1. The Kier molecular flexibility index (Phi) is 5.09. The van der Waals surface area contributed by atoms with E-state index in [1.165, 1.54) is 0 Å². The number of sulfonamides is 1. The van der Waals surface area contributed by atoms with Crippen molar-refractivity contribution >= 4 is 15.7 Å². The van der Waals surface area contributed by atoms with E-state index in [0.29, 0.717) is 23.6 Å². The summed E-state index contributed by atoms with van der Waals surface area (Å²) in [7, 11) is -3.74. The van der Waals surface area contributed by atoms with Crippen LogP contribution in [0.1, 0.15) is 11.1 Å². The Morgan fingerprint density at radius 2 is 1.59 bits per heavy atom. The second kappa shape index (κ2) is 7.84. The molecule has 146 valence electrons. The third-order valence-electron chi connectivity index (χ3n) is 4.50. The van der Waals surface area contributed by atoms with Crippen LogP contribution in [0.2, 0.25) is 0 Å². The minimum absolute atomic E-state index is 0.191. The molecule has 0 amide bonds. The lowest BCUT2D eigenvalue weighted by molar-refractivity contribution is 0.601. The molecule has 1 heterocycles. The summed E-state index contributed by atoms with van der Waals surface area (Å²) < 4.78 is 30.0. The number of nitrogens with zero attached hydrogens (tertiary/aromatic N) is 4. The van der Waals surface area contributed by atoms with E-state index >= 15 is 0 Å². The van der Waals surface area contributed by atoms with E-state index in [1.54, 1.807) is 47.1 Å². The number of aromatic nitrogens is 4. The first-order chi connectivity index (χ1) is 14.0. The normalized spacial score (nSPS) is 11.3. The molecule has 7 nitrogen and oxygen atoms in total. The van der Waals surface area contributed by atoms with Gasteiger partial charge in [0.2, 0.25) is 0 Å². The van der Waals surface area contributed by atoms with Crippen molar-refractivity contribution in [2.45, 2.75) is 18.4 Å². The van der Waals surface area contributed by atoms with Crippen LogP contribution in [0.3, 0.4) is 0 Å². The Morgan fingerprint density at radius 3 is 2.31 bits per heavy atom. The summed E-state index contributed by atoms with van der Waals surface area (Å²) in [5.74, 6) is 0.498. The van der Waals surface area contributed by atoms with Gasteiger partial charge < -0.3 is 0 Å². The van der Waals surface area contributed by atoms with Crippen LogP contribution in [0.5, 0.6) is 0 Å². The van der Waals surface area contributed by atoms with Crippen molar-refractivity contribution in [3.63, 3.8) is 0 Å². The van der Waals surface area contributed by atoms with Crippen LogP contribution in [0.25, 0.3) is 11.4 Å². The number of hydrogen-bond donors (Lipinski definition) is 1. The Balaban J connectivity index is 1.74. The van der Waals surface area contributed by atoms with Gasteiger partial charge in [-0.1, -0.05) is 60.7 Å². The number of anilines is 1. The molecule has 8 heteroatoms. The van der Waals surface area contributed by atoms with Crippen molar-refractivity contribution in [1.82, 2.24) is 20.2 Å². The van der Waals surface area contributed by atoms with Gasteiger partial charge in [0.05, 0.1) is 17.1 Å². The number of hydrogen-bond acceptors (Lipinski definition) is 5. The van der Waals surface area contributed by atoms with E-state index in [1.807, 2.05) is 43.3 Å². The highest BCUT2D eigenvalue weighted by molar-refractivity contribution is 7.92. The van der Waals surface area contributed by atoms with Crippen molar-refractivity contribution in [3.8, 4) is 11.4 Å². The lowest BCUT2D eigenvalue weighted by atomic mass is 10.1. The third kappa shape index (κ3) is 4.02. The summed E-state index contributed by atoms with van der Waals surface area (Å²) in [6.07, 6.45) is 0. The molecule has 4 rings (SSSR count). The van der Waals surface area contributed by atoms with Gasteiger partial charge in [-0.3, -0.25) is 4.72 Å². The van der Waals surface area contributed by atoms with Gasteiger partial charge in [-0.2, -0.15) is 0 Å². The summed E-state index contributed by atoms with van der Waals surface area (Å²) in [6, 6.07) is 23.5. The van der Waals surface area contributed by atoms with Gasteiger partial charge in [0.25, 0.3) is 10.0 Å². The Bertz CT molecular complexity index is 1220. The largest absolute Gasteiger partial charge is 0.279 e. The molecule has 0 saturated carbocycles. The van der Waals surface area contributed by atoms with Crippen LogP contribution in [-0.2, 0) is 16.6 Å². The van der Waals surface area contributed by atoms with Gasteiger partial charge in [0, 0.05) is 5.56 Å². The molecule has 0 spiro atoms. The zero-order valence-electron chi connectivity index (χ0n) is 15.7. The maximum Gasteiger partial charge on any atom is 0.261 e. The highest BCUT2D eigenvalue weighted by Gasteiger charge is 2.20. The maximum atomic E-state index is 12.8. The zero-order valence-corrected chi connectivity index (χ0v) is 16.5. The second-order valence-electron chi connectivity index (χ2n) is 6.56. The van der Waals surface area contributed by atoms with Crippen LogP contribution in [0, 0.1) is 6.92 Å². The predicted octanol–water partition coefficient (Wildman–Crippen LogP) is 3.50. The molecule has 0 atom stereocenters. The number of aryl methyl sites for hydroxylation is 1. The fourth-order valence-corrected chi connectivity index (χ4v) is 4.19. The summed E-state index contributed by atoms with van der Waals surface area (Å²) in [5, 5.41) is 12.1. The quantitative estimate of drug-likeness (QED) is 0.530. The fourth-order valence-electron chi connectivity index (χ4n) is 3.10. The van der Waals surface area contributed by atoms with Crippen LogP contribution in [-0.4, -0.2) is 28.6 Å². The van der Waals surface area contributed by atoms with Crippen molar-refractivity contribution < 1.29 is 8.42 Å². The van der Waals surface area contributed by atoms with Crippen molar-refractivity contribution in [2.24, 2.45) is 0 Å². The summed E-state index contributed by atoms with van der Waals surface area (Å²) in [4.78, 5) is 0.191. The van der Waals surface area contributed by atoms with E-state index in [-0.39, 0.29) is 4.90 Å². The molecule has 1 N–H and O–H groups in total. The van der Waals surface area contributed by atoms with Crippen LogP contribution < -0.4 is 4.72 Å². The first-order valence-electron chi connectivity index (χ1n) is 9.02. The molecule has 4 aromatic rings. The molecule has 0 aliphatic heterocycles. The predicted molar refractivity (Wildman–Crippen MR) is 111 cm³/mol. The molecule has 0 aliphatic carbocycles.